The predicted octanol–water partition coefficient (Wildman–Crippen LogP) is 0.657. The number of rotatable bonds is 5. The molecule has 0 bridgehead atoms. The fourth-order valence-electron chi connectivity index (χ4n) is 3.16. The van der Waals surface area contributed by atoms with Gasteiger partial charge in [0.2, 0.25) is 5.91 Å². The van der Waals surface area contributed by atoms with Crippen molar-refractivity contribution in [1.82, 2.24) is 20.4 Å². The monoisotopic (exact) mass is 289 g/mol. The largest absolute Gasteiger partial charge is 0.354 e. The number of carbonyl (C=O) groups excluding carboxylic acids is 1. The first-order valence-corrected chi connectivity index (χ1v) is 7.87. The van der Waals surface area contributed by atoms with Crippen LogP contribution in [0.4, 0.5) is 5.82 Å². The van der Waals surface area contributed by atoms with Gasteiger partial charge in [0.05, 0.1) is 0 Å². The lowest BCUT2D eigenvalue weighted by Crippen LogP contribution is -2.48. The molecule has 2 aliphatic heterocycles. The van der Waals surface area contributed by atoms with E-state index in [1.54, 1.807) is 6.20 Å². The third-order valence-corrected chi connectivity index (χ3v) is 4.29. The Bertz CT molecular complexity index is 466. The Morgan fingerprint density at radius 2 is 2.29 bits per heavy atom. The number of amides is 1. The van der Waals surface area contributed by atoms with E-state index in [1.807, 2.05) is 17.0 Å². The molecule has 0 aliphatic carbocycles. The van der Waals surface area contributed by atoms with Crippen LogP contribution in [-0.2, 0) is 4.79 Å². The molecule has 3 heterocycles. The zero-order valence-corrected chi connectivity index (χ0v) is 12.4. The lowest BCUT2D eigenvalue weighted by Gasteiger charge is -2.34. The maximum absolute atomic E-state index is 11.6. The number of hydrogen-bond donors (Lipinski definition) is 1. The van der Waals surface area contributed by atoms with Gasteiger partial charge in [-0.1, -0.05) is 0 Å². The summed E-state index contributed by atoms with van der Waals surface area (Å²) in [6.07, 6.45) is 5.80. The van der Waals surface area contributed by atoms with Gasteiger partial charge in [-0.25, -0.2) is 0 Å². The fraction of sp³-hybridized carbons (Fsp3) is 0.667. The Balaban J connectivity index is 1.44. The van der Waals surface area contributed by atoms with Gasteiger partial charge in [0.25, 0.3) is 0 Å². The van der Waals surface area contributed by atoms with E-state index in [2.05, 4.69) is 20.4 Å². The summed E-state index contributed by atoms with van der Waals surface area (Å²) in [4.78, 5) is 15.8. The second kappa shape index (κ2) is 6.85. The van der Waals surface area contributed by atoms with Crippen LogP contribution in [0.3, 0.4) is 0 Å². The normalized spacial score (nSPS) is 22.9. The van der Waals surface area contributed by atoms with E-state index >= 15 is 0 Å². The van der Waals surface area contributed by atoms with Crippen molar-refractivity contribution in [2.45, 2.75) is 31.7 Å². The summed E-state index contributed by atoms with van der Waals surface area (Å²) in [5, 5.41) is 11.7. The van der Waals surface area contributed by atoms with Crippen LogP contribution in [-0.4, -0.2) is 59.8 Å². The summed E-state index contributed by atoms with van der Waals surface area (Å²) in [7, 11) is 0. The van der Waals surface area contributed by atoms with Crippen molar-refractivity contribution in [2.24, 2.45) is 0 Å². The molecule has 1 amide bonds. The Morgan fingerprint density at radius 3 is 3.05 bits per heavy atom. The van der Waals surface area contributed by atoms with E-state index in [0.717, 1.165) is 57.8 Å². The molecule has 0 spiro atoms. The fourth-order valence-corrected chi connectivity index (χ4v) is 3.16. The third-order valence-electron chi connectivity index (χ3n) is 4.29. The minimum absolute atomic E-state index is 0.307. The van der Waals surface area contributed by atoms with Crippen molar-refractivity contribution < 1.29 is 4.79 Å². The highest BCUT2D eigenvalue weighted by atomic mass is 16.2. The molecule has 3 rings (SSSR count). The van der Waals surface area contributed by atoms with Gasteiger partial charge in [-0.15, -0.1) is 5.10 Å². The quantitative estimate of drug-likeness (QED) is 0.863. The number of aromatic nitrogens is 2. The number of nitrogens with one attached hydrogen (secondary N) is 1. The maximum Gasteiger partial charge on any atom is 0.222 e. The van der Waals surface area contributed by atoms with Crippen LogP contribution in [0.15, 0.2) is 18.3 Å². The molecular formula is C15H23N5O. The summed E-state index contributed by atoms with van der Waals surface area (Å²) in [5.74, 6) is 1.26. The molecule has 6 nitrogen and oxygen atoms in total. The highest BCUT2D eigenvalue weighted by Crippen LogP contribution is 2.16. The first kappa shape index (κ1) is 14.3. The van der Waals surface area contributed by atoms with Crippen LogP contribution in [0, 0.1) is 0 Å². The summed E-state index contributed by atoms with van der Waals surface area (Å²) < 4.78 is 0. The zero-order valence-electron chi connectivity index (χ0n) is 12.4. The molecule has 0 unspecified atom stereocenters. The molecule has 1 atom stereocenters. The lowest BCUT2D eigenvalue weighted by atomic mass is 10.1. The van der Waals surface area contributed by atoms with Crippen LogP contribution in [0.2, 0.25) is 0 Å². The standard InChI is InChI=1S/C15H23N5O/c21-15-6-3-9-19(15)11-8-16-13-4-2-10-20(12-13)14-5-1-7-17-18-14/h1,5,7,13,16H,2-4,6,8-12H2/t13-/m0/s1. The van der Waals surface area contributed by atoms with E-state index in [-0.39, 0.29) is 0 Å². The second-order valence-electron chi connectivity index (χ2n) is 5.81. The van der Waals surface area contributed by atoms with Crippen LogP contribution < -0.4 is 10.2 Å². The number of piperidine rings is 1. The Hall–Kier alpha value is -1.69. The molecule has 1 aromatic rings. The highest BCUT2D eigenvalue weighted by Gasteiger charge is 2.22. The van der Waals surface area contributed by atoms with Crippen molar-refractivity contribution in [3.63, 3.8) is 0 Å². The van der Waals surface area contributed by atoms with Crippen molar-refractivity contribution in [3.8, 4) is 0 Å². The van der Waals surface area contributed by atoms with Gasteiger partial charge in [-0.2, -0.15) is 5.10 Å². The van der Waals surface area contributed by atoms with Gasteiger partial charge >= 0.3 is 0 Å². The molecule has 2 saturated heterocycles. The second-order valence-corrected chi connectivity index (χ2v) is 5.81. The number of likely N-dealkylation sites (tertiary alicyclic amines) is 1. The number of anilines is 1. The summed E-state index contributed by atoms with van der Waals surface area (Å²) >= 11 is 0. The molecule has 1 aromatic heterocycles. The van der Waals surface area contributed by atoms with Gasteiger partial charge in [-0.3, -0.25) is 4.79 Å². The van der Waals surface area contributed by atoms with Gasteiger partial charge in [0, 0.05) is 51.4 Å². The molecule has 114 valence electrons. The van der Waals surface area contributed by atoms with Gasteiger partial charge < -0.3 is 15.1 Å². The average Bonchev–Trinajstić information content (AvgIpc) is 2.94. The molecule has 0 radical (unpaired) electrons. The molecule has 0 saturated carbocycles. The SMILES string of the molecule is O=C1CCCN1CCN[C@H]1CCCN(c2cccnn2)C1. The third kappa shape index (κ3) is 3.69. The minimum Gasteiger partial charge on any atom is -0.354 e. The van der Waals surface area contributed by atoms with Crippen molar-refractivity contribution in [1.29, 1.82) is 0 Å². The molecule has 0 aromatic carbocycles. The Morgan fingerprint density at radius 1 is 1.33 bits per heavy atom. The Labute approximate surface area is 125 Å². The number of hydrogen-bond acceptors (Lipinski definition) is 5. The van der Waals surface area contributed by atoms with Crippen LogP contribution in [0.1, 0.15) is 25.7 Å². The maximum atomic E-state index is 11.6. The molecule has 2 fully saturated rings. The highest BCUT2D eigenvalue weighted by molar-refractivity contribution is 5.78. The zero-order chi connectivity index (χ0) is 14.5. The topological polar surface area (TPSA) is 61.4 Å². The van der Waals surface area contributed by atoms with E-state index in [0.29, 0.717) is 11.9 Å². The summed E-state index contributed by atoms with van der Waals surface area (Å²) in [5.41, 5.74) is 0. The Kier molecular flexibility index (Phi) is 4.65. The van der Waals surface area contributed by atoms with E-state index in [4.69, 9.17) is 0 Å². The predicted molar refractivity (Wildman–Crippen MR) is 81.1 cm³/mol. The average molecular weight is 289 g/mol. The van der Waals surface area contributed by atoms with Gasteiger partial charge in [-0.05, 0) is 31.4 Å². The lowest BCUT2D eigenvalue weighted by molar-refractivity contribution is -0.127. The van der Waals surface area contributed by atoms with E-state index in [1.165, 1.54) is 6.42 Å². The molecule has 6 heteroatoms. The minimum atomic E-state index is 0.307. The van der Waals surface area contributed by atoms with E-state index in [9.17, 15) is 4.79 Å². The first-order valence-electron chi connectivity index (χ1n) is 7.87. The molecule has 2 aliphatic rings. The number of carbonyl (C=O) groups is 1. The van der Waals surface area contributed by atoms with E-state index < -0.39 is 0 Å². The first-order chi connectivity index (χ1) is 10.3. The van der Waals surface area contributed by atoms with Gasteiger partial charge in [0.15, 0.2) is 5.82 Å². The van der Waals surface area contributed by atoms with Crippen LogP contribution in [0.25, 0.3) is 0 Å². The molecule has 1 N–H and O–H groups in total. The van der Waals surface area contributed by atoms with Crippen molar-refractivity contribution in [3.05, 3.63) is 18.3 Å². The van der Waals surface area contributed by atoms with Crippen LogP contribution in [0.5, 0.6) is 0 Å². The van der Waals surface area contributed by atoms with Crippen LogP contribution >= 0.6 is 0 Å². The smallest absolute Gasteiger partial charge is 0.222 e. The number of nitrogens with zero attached hydrogens (tertiary/aromatic N) is 4. The molecule has 21 heavy (non-hydrogen) atoms. The van der Waals surface area contributed by atoms with Crippen molar-refractivity contribution >= 4 is 11.7 Å². The van der Waals surface area contributed by atoms with Gasteiger partial charge in [0.1, 0.15) is 0 Å². The summed E-state index contributed by atoms with van der Waals surface area (Å²) in [6, 6.07) is 4.41. The molecular weight excluding hydrogens is 266 g/mol. The van der Waals surface area contributed by atoms with Crippen molar-refractivity contribution in [2.75, 3.05) is 37.6 Å². The summed E-state index contributed by atoms with van der Waals surface area (Å²) in [6.45, 7) is 4.65.